The second-order valence-corrected chi connectivity index (χ2v) is 7.13. The normalized spacial score (nSPS) is 18.7. The number of imide groups is 1. The SMILES string of the molecule is CCCC[C@@]1(c2ccc(F)cc2)NC(=O)N(CC(=O)N(C)c2ccccc2)C1=O. The molecule has 2 aromatic carbocycles. The molecule has 29 heavy (non-hydrogen) atoms. The van der Waals surface area contributed by atoms with Crippen LogP contribution in [-0.2, 0) is 15.1 Å². The van der Waals surface area contributed by atoms with Gasteiger partial charge in [0.2, 0.25) is 5.91 Å². The van der Waals surface area contributed by atoms with Crippen LogP contribution in [-0.4, -0.2) is 36.3 Å². The fourth-order valence-electron chi connectivity index (χ4n) is 3.49. The zero-order valence-electron chi connectivity index (χ0n) is 16.5. The van der Waals surface area contributed by atoms with Crippen molar-refractivity contribution in [2.45, 2.75) is 31.7 Å². The van der Waals surface area contributed by atoms with Crippen molar-refractivity contribution in [1.82, 2.24) is 10.2 Å². The molecule has 1 N–H and O–H groups in total. The van der Waals surface area contributed by atoms with E-state index < -0.39 is 23.3 Å². The Bertz CT molecular complexity index is 901. The Balaban J connectivity index is 1.85. The molecule has 2 aromatic rings. The Hall–Kier alpha value is -3.22. The quantitative estimate of drug-likeness (QED) is 0.728. The van der Waals surface area contributed by atoms with Crippen LogP contribution < -0.4 is 10.2 Å². The van der Waals surface area contributed by atoms with E-state index >= 15 is 0 Å². The van der Waals surface area contributed by atoms with Gasteiger partial charge in [0.05, 0.1) is 0 Å². The summed E-state index contributed by atoms with van der Waals surface area (Å²) in [7, 11) is 1.60. The number of unbranched alkanes of at least 4 members (excludes halogenated alkanes) is 1. The van der Waals surface area contributed by atoms with Gasteiger partial charge in [-0.05, 0) is 36.2 Å². The number of halogens is 1. The van der Waals surface area contributed by atoms with E-state index in [0.717, 1.165) is 11.3 Å². The minimum Gasteiger partial charge on any atom is -0.319 e. The maximum Gasteiger partial charge on any atom is 0.325 e. The van der Waals surface area contributed by atoms with Gasteiger partial charge in [-0.1, -0.05) is 50.1 Å². The third-order valence-electron chi connectivity index (χ3n) is 5.23. The standard InChI is InChI=1S/C22H24FN3O3/c1-3-4-14-22(16-10-12-17(23)13-11-16)20(28)26(21(29)24-22)15-19(27)25(2)18-8-6-5-7-9-18/h5-13H,3-4,14-15H2,1-2H3,(H,24,29)/t22-/m0/s1. The van der Waals surface area contributed by atoms with Gasteiger partial charge in [0, 0.05) is 12.7 Å². The molecule has 0 radical (unpaired) electrons. The number of rotatable bonds is 7. The predicted molar refractivity (Wildman–Crippen MR) is 108 cm³/mol. The maximum atomic E-state index is 13.4. The van der Waals surface area contributed by atoms with Crippen LogP contribution in [0.15, 0.2) is 54.6 Å². The van der Waals surface area contributed by atoms with Crippen LogP contribution in [0.1, 0.15) is 31.7 Å². The molecule has 0 aromatic heterocycles. The number of nitrogens with one attached hydrogen (secondary N) is 1. The minimum atomic E-state index is -1.29. The first-order valence-corrected chi connectivity index (χ1v) is 9.61. The molecule has 152 valence electrons. The number of hydrogen-bond acceptors (Lipinski definition) is 3. The van der Waals surface area contributed by atoms with Crippen molar-refractivity contribution in [2.75, 3.05) is 18.5 Å². The van der Waals surface area contributed by atoms with Crippen LogP contribution in [0.5, 0.6) is 0 Å². The van der Waals surface area contributed by atoms with E-state index in [1.54, 1.807) is 31.3 Å². The van der Waals surface area contributed by atoms with Crippen molar-refractivity contribution in [3.63, 3.8) is 0 Å². The van der Waals surface area contributed by atoms with Crippen LogP contribution in [0.4, 0.5) is 14.9 Å². The molecule has 0 saturated carbocycles. The van der Waals surface area contributed by atoms with Gasteiger partial charge in [-0.3, -0.25) is 14.5 Å². The van der Waals surface area contributed by atoms with E-state index in [4.69, 9.17) is 0 Å². The van der Waals surface area contributed by atoms with Crippen molar-refractivity contribution in [2.24, 2.45) is 0 Å². The van der Waals surface area contributed by atoms with Crippen LogP contribution in [0.2, 0.25) is 0 Å². The molecule has 1 heterocycles. The summed E-state index contributed by atoms with van der Waals surface area (Å²) >= 11 is 0. The number of carbonyl (C=O) groups is 3. The predicted octanol–water partition coefficient (Wildman–Crippen LogP) is 3.43. The number of nitrogens with zero attached hydrogens (tertiary/aromatic N) is 2. The smallest absolute Gasteiger partial charge is 0.319 e. The first-order valence-electron chi connectivity index (χ1n) is 9.61. The van der Waals surface area contributed by atoms with E-state index in [1.165, 1.54) is 29.2 Å². The van der Waals surface area contributed by atoms with Crippen molar-refractivity contribution < 1.29 is 18.8 Å². The number of benzene rings is 2. The van der Waals surface area contributed by atoms with Gasteiger partial charge in [-0.25, -0.2) is 9.18 Å². The number of hydrogen-bond donors (Lipinski definition) is 1. The van der Waals surface area contributed by atoms with Gasteiger partial charge in [-0.15, -0.1) is 0 Å². The number of para-hydroxylation sites is 1. The lowest BCUT2D eigenvalue weighted by atomic mass is 9.85. The molecule has 0 unspecified atom stereocenters. The Morgan fingerprint density at radius 2 is 1.76 bits per heavy atom. The molecule has 0 bridgehead atoms. The van der Waals surface area contributed by atoms with Gasteiger partial charge in [-0.2, -0.15) is 0 Å². The lowest BCUT2D eigenvalue weighted by Gasteiger charge is -2.27. The summed E-state index contributed by atoms with van der Waals surface area (Å²) in [5, 5.41) is 2.77. The number of anilines is 1. The molecule has 0 spiro atoms. The fourth-order valence-corrected chi connectivity index (χ4v) is 3.49. The van der Waals surface area contributed by atoms with E-state index in [0.29, 0.717) is 24.1 Å². The van der Waals surface area contributed by atoms with E-state index in [1.807, 2.05) is 13.0 Å². The number of carbonyl (C=O) groups excluding carboxylic acids is 3. The highest BCUT2D eigenvalue weighted by molar-refractivity contribution is 6.10. The minimum absolute atomic E-state index is 0.370. The largest absolute Gasteiger partial charge is 0.325 e. The van der Waals surface area contributed by atoms with Crippen molar-refractivity contribution in [3.05, 3.63) is 66.0 Å². The molecule has 1 fully saturated rings. The third kappa shape index (κ3) is 3.99. The first-order chi connectivity index (χ1) is 13.9. The molecule has 1 aliphatic heterocycles. The Kier molecular flexibility index (Phi) is 5.96. The molecule has 3 rings (SSSR count). The zero-order valence-corrected chi connectivity index (χ0v) is 16.5. The lowest BCUT2D eigenvalue weighted by molar-refractivity contribution is -0.134. The molecular formula is C22H24FN3O3. The summed E-state index contributed by atoms with van der Waals surface area (Å²) in [4.78, 5) is 41.0. The maximum absolute atomic E-state index is 13.4. The second kappa shape index (κ2) is 8.43. The highest BCUT2D eigenvalue weighted by Crippen LogP contribution is 2.34. The number of likely N-dealkylation sites (N-methyl/N-ethyl adjacent to an activating group) is 1. The average Bonchev–Trinajstić information content (AvgIpc) is 2.97. The van der Waals surface area contributed by atoms with Gasteiger partial charge in [0.15, 0.2) is 0 Å². The van der Waals surface area contributed by atoms with Crippen LogP contribution in [0.3, 0.4) is 0 Å². The molecule has 7 heteroatoms. The molecule has 6 nitrogen and oxygen atoms in total. The van der Waals surface area contributed by atoms with Crippen molar-refractivity contribution in [3.8, 4) is 0 Å². The monoisotopic (exact) mass is 397 g/mol. The summed E-state index contributed by atoms with van der Waals surface area (Å²) in [6, 6.07) is 13.9. The fraction of sp³-hybridized carbons (Fsp3) is 0.318. The number of urea groups is 1. The highest BCUT2D eigenvalue weighted by atomic mass is 19.1. The summed E-state index contributed by atoms with van der Waals surface area (Å²) in [6.07, 6.45) is 1.88. The first kappa shape index (κ1) is 20.5. The molecule has 1 aliphatic rings. The van der Waals surface area contributed by atoms with Crippen LogP contribution in [0.25, 0.3) is 0 Å². The van der Waals surface area contributed by atoms with Crippen molar-refractivity contribution in [1.29, 1.82) is 0 Å². The van der Waals surface area contributed by atoms with E-state index in [-0.39, 0.29) is 12.5 Å². The molecular weight excluding hydrogens is 373 g/mol. The lowest BCUT2D eigenvalue weighted by Crippen LogP contribution is -2.45. The number of amides is 4. The molecule has 1 atom stereocenters. The van der Waals surface area contributed by atoms with E-state index in [9.17, 15) is 18.8 Å². The topological polar surface area (TPSA) is 69.7 Å². The Morgan fingerprint density at radius 1 is 1.10 bits per heavy atom. The summed E-state index contributed by atoms with van der Waals surface area (Å²) < 4.78 is 13.4. The summed E-state index contributed by atoms with van der Waals surface area (Å²) in [5.74, 6) is -1.30. The third-order valence-corrected chi connectivity index (χ3v) is 5.23. The molecule has 0 aliphatic carbocycles. The van der Waals surface area contributed by atoms with Gasteiger partial charge >= 0.3 is 6.03 Å². The Morgan fingerprint density at radius 3 is 2.38 bits per heavy atom. The molecule has 1 saturated heterocycles. The Labute approximate surface area is 169 Å². The average molecular weight is 397 g/mol. The summed E-state index contributed by atoms with van der Waals surface area (Å²) in [6.45, 7) is 1.61. The summed E-state index contributed by atoms with van der Waals surface area (Å²) in [5.41, 5.74) is -0.107. The van der Waals surface area contributed by atoms with Gasteiger partial charge in [0.25, 0.3) is 5.91 Å². The van der Waals surface area contributed by atoms with Crippen molar-refractivity contribution >= 4 is 23.5 Å². The van der Waals surface area contributed by atoms with E-state index in [2.05, 4.69) is 5.32 Å². The van der Waals surface area contributed by atoms with Crippen LogP contribution >= 0.6 is 0 Å². The molecule has 4 amide bonds. The van der Waals surface area contributed by atoms with Gasteiger partial charge < -0.3 is 10.2 Å². The zero-order chi connectivity index (χ0) is 21.0. The van der Waals surface area contributed by atoms with Crippen LogP contribution in [0, 0.1) is 5.82 Å². The highest BCUT2D eigenvalue weighted by Gasteiger charge is 2.52. The van der Waals surface area contributed by atoms with Gasteiger partial charge in [0.1, 0.15) is 17.9 Å². The second-order valence-electron chi connectivity index (χ2n) is 7.13.